The third-order valence-electron chi connectivity index (χ3n) is 3.83. The van der Waals surface area contributed by atoms with Crippen molar-refractivity contribution in [3.05, 3.63) is 24.4 Å². The molecule has 1 aliphatic heterocycles. The summed E-state index contributed by atoms with van der Waals surface area (Å²) in [6.07, 6.45) is 2.76. The predicted octanol–water partition coefficient (Wildman–Crippen LogP) is 1.31. The number of rotatable bonds is 6. The van der Waals surface area contributed by atoms with Crippen molar-refractivity contribution in [2.24, 2.45) is 4.99 Å². The van der Waals surface area contributed by atoms with Crippen LogP contribution in [0, 0.1) is 0 Å². The first-order valence-electron chi connectivity index (χ1n) is 8.70. The van der Waals surface area contributed by atoms with E-state index in [-0.39, 0.29) is 36.4 Å². The van der Waals surface area contributed by atoms with E-state index in [1.54, 1.807) is 0 Å². The molecule has 25 heavy (non-hydrogen) atoms. The van der Waals surface area contributed by atoms with Crippen molar-refractivity contribution in [1.82, 2.24) is 20.5 Å². The molecule has 0 radical (unpaired) electrons. The molecule has 0 spiro atoms. The van der Waals surface area contributed by atoms with E-state index in [1.165, 1.54) is 0 Å². The first-order valence-corrected chi connectivity index (χ1v) is 8.70. The number of hydrogen-bond donors (Lipinski definition) is 2. The Hall–Kier alpha value is -1.58. The summed E-state index contributed by atoms with van der Waals surface area (Å²) in [7, 11) is 0. The Bertz CT molecular complexity index is 531. The van der Waals surface area contributed by atoms with Crippen molar-refractivity contribution in [2.75, 3.05) is 50.7 Å². The zero-order chi connectivity index (χ0) is 17.2. The Balaban J connectivity index is 0.00000312. The molecule has 1 saturated heterocycles. The third-order valence-corrected chi connectivity index (χ3v) is 3.83. The van der Waals surface area contributed by atoms with Crippen LogP contribution >= 0.6 is 24.0 Å². The Labute approximate surface area is 167 Å². The molecule has 7 nitrogen and oxygen atoms in total. The van der Waals surface area contributed by atoms with Gasteiger partial charge < -0.3 is 20.4 Å². The summed E-state index contributed by atoms with van der Waals surface area (Å²) in [5.74, 6) is 1.79. The summed E-state index contributed by atoms with van der Waals surface area (Å²) in [5.41, 5.74) is 0. The fourth-order valence-corrected chi connectivity index (χ4v) is 2.58. The number of piperazine rings is 1. The molecule has 0 bridgehead atoms. The fourth-order valence-electron chi connectivity index (χ4n) is 2.58. The SMILES string of the molecule is CCCNC(=O)CN=C(NCC)N1CCN(c2ccccn2)CC1.I. The Morgan fingerprint density at radius 3 is 2.56 bits per heavy atom. The summed E-state index contributed by atoms with van der Waals surface area (Å²) in [6, 6.07) is 5.97. The van der Waals surface area contributed by atoms with Crippen LogP contribution in [0.25, 0.3) is 0 Å². The summed E-state index contributed by atoms with van der Waals surface area (Å²) in [4.78, 5) is 25.1. The lowest BCUT2D eigenvalue weighted by Crippen LogP contribution is -2.53. The predicted molar refractivity (Wildman–Crippen MR) is 113 cm³/mol. The van der Waals surface area contributed by atoms with Crippen LogP contribution in [0.15, 0.2) is 29.4 Å². The highest BCUT2D eigenvalue weighted by molar-refractivity contribution is 14.0. The topological polar surface area (TPSA) is 72.9 Å². The van der Waals surface area contributed by atoms with Crippen LogP contribution in [0.5, 0.6) is 0 Å². The fraction of sp³-hybridized carbons (Fsp3) is 0.588. The summed E-state index contributed by atoms with van der Waals surface area (Å²) >= 11 is 0. The first kappa shape index (κ1) is 21.5. The van der Waals surface area contributed by atoms with Gasteiger partial charge in [-0.1, -0.05) is 13.0 Å². The lowest BCUT2D eigenvalue weighted by Gasteiger charge is -2.37. The Kier molecular flexibility index (Phi) is 10.2. The van der Waals surface area contributed by atoms with Crippen LogP contribution in [-0.4, -0.2) is 67.6 Å². The molecule has 2 N–H and O–H groups in total. The summed E-state index contributed by atoms with van der Waals surface area (Å²) < 4.78 is 0. The van der Waals surface area contributed by atoms with E-state index >= 15 is 0 Å². The normalized spacial score (nSPS) is 14.7. The highest BCUT2D eigenvalue weighted by Crippen LogP contribution is 2.12. The van der Waals surface area contributed by atoms with Crippen LogP contribution in [0.3, 0.4) is 0 Å². The van der Waals surface area contributed by atoms with E-state index in [9.17, 15) is 4.79 Å². The third kappa shape index (κ3) is 7.05. The van der Waals surface area contributed by atoms with Gasteiger partial charge >= 0.3 is 0 Å². The van der Waals surface area contributed by atoms with Crippen molar-refractivity contribution in [3.63, 3.8) is 0 Å². The number of aromatic nitrogens is 1. The molecule has 2 rings (SSSR count). The van der Waals surface area contributed by atoms with Gasteiger partial charge in [-0.2, -0.15) is 0 Å². The number of anilines is 1. The van der Waals surface area contributed by atoms with Gasteiger partial charge in [-0.15, -0.1) is 24.0 Å². The van der Waals surface area contributed by atoms with Crippen molar-refractivity contribution >= 4 is 41.7 Å². The van der Waals surface area contributed by atoms with Gasteiger partial charge in [-0.3, -0.25) is 4.79 Å². The Morgan fingerprint density at radius 1 is 1.20 bits per heavy atom. The van der Waals surface area contributed by atoms with Gasteiger partial charge in [-0.05, 0) is 25.5 Å². The molecule has 1 aliphatic rings. The van der Waals surface area contributed by atoms with Gasteiger partial charge in [-0.25, -0.2) is 9.98 Å². The monoisotopic (exact) mass is 460 g/mol. The zero-order valence-corrected chi connectivity index (χ0v) is 17.4. The van der Waals surface area contributed by atoms with Crippen molar-refractivity contribution in [1.29, 1.82) is 0 Å². The molecule has 0 unspecified atom stereocenters. The van der Waals surface area contributed by atoms with Gasteiger partial charge in [0, 0.05) is 45.5 Å². The molecular formula is C17H29IN6O. The summed E-state index contributed by atoms with van der Waals surface area (Å²) in [6.45, 7) is 9.24. The maximum Gasteiger partial charge on any atom is 0.241 e. The molecular weight excluding hydrogens is 431 g/mol. The largest absolute Gasteiger partial charge is 0.357 e. The number of carbonyl (C=O) groups excluding carboxylic acids is 1. The Morgan fingerprint density at radius 2 is 1.96 bits per heavy atom. The van der Waals surface area contributed by atoms with E-state index in [2.05, 4.69) is 30.4 Å². The van der Waals surface area contributed by atoms with Gasteiger partial charge in [0.15, 0.2) is 5.96 Å². The number of halogens is 1. The smallest absolute Gasteiger partial charge is 0.241 e. The number of carbonyl (C=O) groups is 1. The lowest BCUT2D eigenvalue weighted by molar-refractivity contribution is -0.119. The van der Waals surface area contributed by atoms with E-state index in [0.717, 1.165) is 50.9 Å². The number of hydrogen-bond acceptors (Lipinski definition) is 4. The van der Waals surface area contributed by atoms with E-state index < -0.39 is 0 Å². The average Bonchev–Trinajstić information content (AvgIpc) is 2.64. The number of nitrogens with one attached hydrogen (secondary N) is 2. The van der Waals surface area contributed by atoms with Gasteiger partial charge in [0.2, 0.25) is 5.91 Å². The molecule has 0 aliphatic carbocycles. The lowest BCUT2D eigenvalue weighted by atomic mass is 10.3. The molecule has 0 atom stereocenters. The van der Waals surface area contributed by atoms with E-state index in [4.69, 9.17) is 0 Å². The van der Waals surface area contributed by atoms with Crippen molar-refractivity contribution in [2.45, 2.75) is 20.3 Å². The minimum absolute atomic E-state index is 0. The molecule has 1 amide bonds. The number of amides is 1. The van der Waals surface area contributed by atoms with Crippen LogP contribution in [-0.2, 0) is 4.79 Å². The molecule has 1 aromatic rings. The second kappa shape index (κ2) is 11.9. The maximum absolute atomic E-state index is 11.7. The van der Waals surface area contributed by atoms with E-state index in [1.807, 2.05) is 38.2 Å². The number of guanidine groups is 1. The second-order valence-corrected chi connectivity index (χ2v) is 5.68. The van der Waals surface area contributed by atoms with Crippen LogP contribution in [0.2, 0.25) is 0 Å². The molecule has 0 saturated carbocycles. The van der Waals surface area contributed by atoms with Crippen LogP contribution in [0.1, 0.15) is 20.3 Å². The number of pyridine rings is 1. The van der Waals surface area contributed by atoms with Crippen LogP contribution < -0.4 is 15.5 Å². The molecule has 140 valence electrons. The first-order chi connectivity index (χ1) is 11.7. The van der Waals surface area contributed by atoms with Crippen molar-refractivity contribution < 1.29 is 4.79 Å². The van der Waals surface area contributed by atoms with E-state index in [0.29, 0.717) is 6.54 Å². The minimum atomic E-state index is -0.0284. The standard InChI is InChI=1S/C17H28N6O.HI/c1-3-8-20-16(24)14-21-17(18-4-2)23-12-10-22(11-13-23)15-7-5-6-9-19-15;/h5-7,9H,3-4,8,10-14H2,1-2H3,(H,18,21)(H,20,24);1H. The number of nitrogens with zero attached hydrogens (tertiary/aromatic N) is 4. The molecule has 8 heteroatoms. The van der Waals surface area contributed by atoms with Crippen molar-refractivity contribution in [3.8, 4) is 0 Å². The summed E-state index contributed by atoms with van der Waals surface area (Å²) in [5, 5.41) is 6.13. The highest BCUT2D eigenvalue weighted by atomic mass is 127. The van der Waals surface area contributed by atoms with Crippen LogP contribution in [0.4, 0.5) is 5.82 Å². The highest BCUT2D eigenvalue weighted by Gasteiger charge is 2.20. The van der Waals surface area contributed by atoms with Gasteiger partial charge in [0.05, 0.1) is 0 Å². The minimum Gasteiger partial charge on any atom is -0.357 e. The molecule has 1 fully saturated rings. The molecule has 1 aromatic heterocycles. The maximum atomic E-state index is 11.7. The van der Waals surface area contributed by atoms with Gasteiger partial charge in [0.1, 0.15) is 12.4 Å². The quantitative estimate of drug-likeness (QED) is 0.381. The molecule has 0 aromatic carbocycles. The molecule has 2 heterocycles. The number of aliphatic imine (C=N–C) groups is 1. The second-order valence-electron chi connectivity index (χ2n) is 5.68. The zero-order valence-electron chi connectivity index (χ0n) is 15.1. The average molecular weight is 460 g/mol. The van der Waals surface area contributed by atoms with Gasteiger partial charge in [0.25, 0.3) is 0 Å².